The number of thiophene rings is 1. The number of rotatable bonds is 7. The Hall–Kier alpha value is -1.11. The molecule has 0 aromatic carbocycles. The third kappa shape index (κ3) is 7.81. The fourth-order valence-electron chi connectivity index (χ4n) is 2.11. The van der Waals surface area contributed by atoms with Crippen molar-refractivity contribution in [1.82, 2.24) is 10.2 Å². The van der Waals surface area contributed by atoms with Gasteiger partial charge in [0.25, 0.3) is 0 Å². The Morgan fingerprint density at radius 1 is 1.39 bits per heavy atom. The maximum absolute atomic E-state index is 12.2. The molecule has 5 nitrogen and oxygen atoms in total. The first-order valence-corrected chi connectivity index (χ1v) is 8.86. The van der Waals surface area contributed by atoms with E-state index in [1.54, 1.807) is 23.2 Å². The van der Waals surface area contributed by atoms with Crippen LogP contribution < -0.4 is 5.32 Å². The van der Waals surface area contributed by atoms with Crippen molar-refractivity contribution in [2.45, 2.75) is 59.3 Å². The van der Waals surface area contributed by atoms with Gasteiger partial charge in [-0.2, -0.15) is 0 Å². The predicted molar refractivity (Wildman–Crippen MR) is 95.0 cm³/mol. The van der Waals surface area contributed by atoms with Gasteiger partial charge in [0.05, 0.1) is 6.10 Å². The SMILES string of the molecule is Cc1ccc(C(C)NCCN(CC(C)O)C(=O)OC(C)(C)C)s1. The number of ether oxygens (including phenoxy) is 1. The summed E-state index contributed by atoms with van der Waals surface area (Å²) in [6, 6.07) is 4.47. The molecule has 0 aliphatic heterocycles. The zero-order valence-electron chi connectivity index (χ0n) is 15.0. The highest BCUT2D eigenvalue weighted by molar-refractivity contribution is 7.12. The molecule has 23 heavy (non-hydrogen) atoms. The molecular formula is C17H30N2O3S. The minimum Gasteiger partial charge on any atom is -0.444 e. The minimum absolute atomic E-state index is 0.237. The summed E-state index contributed by atoms with van der Waals surface area (Å²) in [5.41, 5.74) is -0.538. The van der Waals surface area contributed by atoms with E-state index in [1.807, 2.05) is 20.8 Å². The first kappa shape index (κ1) is 19.9. The van der Waals surface area contributed by atoms with Crippen molar-refractivity contribution in [3.8, 4) is 0 Å². The van der Waals surface area contributed by atoms with Gasteiger partial charge in [0, 0.05) is 35.4 Å². The number of hydrogen-bond donors (Lipinski definition) is 2. The number of aliphatic hydroxyl groups is 1. The molecule has 1 heterocycles. The van der Waals surface area contributed by atoms with Gasteiger partial charge in [-0.3, -0.25) is 0 Å². The van der Waals surface area contributed by atoms with Gasteiger partial charge in [-0.05, 0) is 53.7 Å². The molecule has 132 valence electrons. The van der Waals surface area contributed by atoms with Crippen LogP contribution >= 0.6 is 11.3 Å². The van der Waals surface area contributed by atoms with E-state index in [4.69, 9.17) is 4.74 Å². The summed E-state index contributed by atoms with van der Waals surface area (Å²) in [4.78, 5) is 16.3. The van der Waals surface area contributed by atoms with Crippen molar-refractivity contribution in [1.29, 1.82) is 0 Å². The van der Waals surface area contributed by atoms with Crippen LogP contribution in [0.1, 0.15) is 50.4 Å². The lowest BCUT2D eigenvalue weighted by Crippen LogP contribution is -2.43. The fraction of sp³-hybridized carbons (Fsp3) is 0.706. The highest BCUT2D eigenvalue weighted by atomic mass is 32.1. The maximum atomic E-state index is 12.2. The van der Waals surface area contributed by atoms with E-state index in [9.17, 15) is 9.90 Å². The Morgan fingerprint density at radius 2 is 2.04 bits per heavy atom. The molecule has 1 aromatic rings. The van der Waals surface area contributed by atoms with Crippen LogP contribution in [-0.4, -0.2) is 47.4 Å². The zero-order chi connectivity index (χ0) is 17.6. The Balaban J connectivity index is 2.52. The van der Waals surface area contributed by atoms with Crippen LogP contribution in [0.3, 0.4) is 0 Å². The van der Waals surface area contributed by atoms with Crippen LogP contribution in [0.4, 0.5) is 4.79 Å². The van der Waals surface area contributed by atoms with Crippen molar-refractivity contribution in [2.75, 3.05) is 19.6 Å². The first-order valence-electron chi connectivity index (χ1n) is 8.04. The van der Waals surface area contributed by atoms with Gasteiger partial charge in [0.15, 0.2) is 0 Å². The van der Waals surface area contributed by atoms with E-state index in [2.05, 4.69) is 31.3 Å². The third-order valence-corrected chi connectivity index (χ3v) is 4.34. The van der Waals surface area contributed by atoms with E-state index in [0.717, 1.165) is 0 Å². The predicted octanol–water partition coefficient (Wildman–Crippen LogP) is 3.33. The number of aryl methyl sites for hydroxylation is 1. The van der Waals surface area contributed by atoms with Gasteiger partial charge >= 0.3 is 6.09 Å². The summed E-state index contributed by atoms with van der Waals surface area (Å²) in [7, 11) is 0. The minimum atomic E-state index is -0.583. The van der Waals surface area contributed by atoms with Crippen LogP contribution in [0, 0.1) is 6.92 Å². The zero-order valence-corrected chi connectivity index (χ0v) is 15.9. The molecule has 2 N–H and O–H groups in total. The standard InChI is InChI=1S/C17H30N2O3S/c1-12(20)11-19(16(21)22-17(4,5)6)10-9-18-14(3)15-8-7-13(2)23-15/h7-8,12,14,18,20H,9-11H2,1-6H3. The Labute approximate surface area is 143 Å². The van der Waals surface area contributed by atoms with Crippen LogP contribution in [0.5, 0.6) is 0 Å². The topological polar surface area (TPSA) is 61.8 Å². The number of aliphatic hydroxyl groups excluding tert-OH is 1. The number of amides is 1. The molecule has 0 saturated heterocycles. The lowest BCUT2D eigenvalue weighted by atomic mass is 10.2. The Bertz CT molecular complexity index is 494. The number of nitrogens with one attached hydrogen (secondary N) is 1. The largest absolute Gasteiger partial charge is 0.444 e. The highest BCUT2D eigenvalue weighted by Gasteiger charge is 2.23. The van der Waals surface area contributed by atoms with E-state index in [1.165, 1.54) is 9.75 Å². The van der Waals surface area contributed by atoms with Crippen LogP contribution in [0.25, 0.3) is 0 Å². The van der Waals surface area contributed by atoms with Gasteiger partial charge in [0.1, 0.15) is 5.60 Å². The van der Waals surface area contributed by atoms with Crippen molar-refractivity contribution < 1.29 is 14.6 Å². The smallest absolute Gasteiger partial charge is 0.410 e. The summed E-state index contributed by atoms with van der Waals surface area (Å²) in [5, 5.41) is 13.0. The molecule has 0 saturated carbocycles. The van der Waals surface area contributed by atoms with Gasteiger partial charge < -0.3 is 20.1 Å². The number of nitrogens with zero attached hydrogens (tertiary/aromatic N) is 1. The van der Waals surface area contributed by atoms with Crippen molar-refractivity contribution in [3.63, 3.8) is 0 Å². The highest BCUT2D eigenvalue weighted by Crippen LogP contribution is 2.22. The van der Waals surface area contributed by atoms with Gasteiger partial charge in [-0.15, -0.1) is 11.3 Å². The van der Waals surface area contributed by atoms with Gasteiger partial charge in [0.2, 0.25) is 0 Å². The monoisotopic (exact) mass is 342 g/mol. The summed E-state index contributed by atoms with van der Waals surface area (Å²) in [5.74, 6) is 0. The Kier molecular flexibility index (Phi) is 7.51. The molecule has 0 fully saturated rings. The molecule has 0 aliphatic carbocycles. The fourth-order valence-corrected chi connectivity index (χ4v) is 3.01. The van der Waals surface area contributed by atoms with Crippen molar-refractivity contribution in [3.05, 3.63) is 21.9 Å². The Morgan fingerprint density at radius 3 is 2.52 bits per heavy atom. The van der Waals surface area contributed by atoms with Crippen LogP contribution in [-0.2, 0) is 4.74 Å². The van der Waals surface area contributed by atoms with Crippen molar-refractivity contribution >= 4 is 17.4 Å². The third-order valence-electron chi connectivity index (χ3n) is 3.16. The first-order chi connectivity index (χ1) is 10.6. The second-order valence-electron chi connectivity index (χ2n) is 6.90. The number of carbonyl (C=O) groups excluding carboxylic acids is 1. The molecule has 0 spiro atoms. The molecule has 6 heteroatoms. The molecule has 0 bridgehead atoms. The van der Waals surface area contributed by atoms with Crippen LogP contribution in [0.2, 0.25) is 0 Å². The maximum Gasteiger partial charge on any atom is 0.410 e. The van der Waals surface area contributed by atoms with E-state index >= 15 is 0 Å². The second kappa shape index (κ2) is 8.66. The molecular weight excluding hydrogens is 312 g/mol. The number of carbonyl (C=O) groups is 1. The molecule has 1 rings (SSSR count). The lowest BCUT2D eigenvalue weighted by Gasteiger charge is -2.28. The molecule has 1 aromatic heterocycles. The van der Waals surface area contributed by atoms with E-state index in [-0.39, 0.29) is 18.7 Å². The second-order valence-corrected chi connectivity index (χ2v) is 8.22. The summed E-state index contributed by atoms with van der Waals surface area (Å²) < 4.78 is 5.40. The quantitative estimate of drug-likeness (QED) is 0.798. The van der Waals surface area contributed by atoms with E-state index in [0.29, 0.717) is 13.1 Å². The molecule has 0 aliphatic rings. The molecule has 0 radical (unpaired) electrons. The van der Waals surface area contributed by atoms with Gasteiger partial charge in [-0.1, -0.05) is 0 Å². The van der Waals surface area contributed by atoms with Crippen molar-refractivity contribution in [2.24, 2.45) is 0 Å². The average Bonchev–Trinajstić information content (AvgIpc) is 2.81. The van der Waals surface area contributed by atoms with Gasteiger partial charge in [-0.25, -0.2) is 4.79 Å². The summed E-state index contributed by atoms with van der Waals surface area (Å²) >= 11 is 1.77. The summed E-state index contributed by atoms with van der Waals surface area (Å²) in [6.45, 7) is 12.8. The summed E-state index contributed by atoms with van der Waals surface area (Å²) in [6.07, 6.45) is -0.972. The number of hydrogen-bond acceptors (Lipinski definition) is 5. The molecule has 2 unspecified atom stereocenters. The average molecular weight is 343 g/mol. The lowest BCUT2D eigenvalue weighted by molar-refractivity contribution is 0.0163. The van der Waals surface area contributed by atoms with E-state index < -0.39 is 11.7 Å². The molecule has 2 atom stereocenters. The molecule has 1 amide bonds. The van der Waals surface area contributed by atoms with Crippen LogP contribution in [0.15, 0.2) is 12.1 Å². The normalized spacial score (nSPS) is 14.4.